The van der Waals surface area contributed by atoms with Gasteiger partial charge in [0.1, 0.15) is 17.3 Å². The second kappa shape index (κ2) is 6.27. The largest absolute Gasteiger partial charge is 0.479 e. The van der Waals surface area contributed by atoms with Crippen molar-refractivity contribution in [3.8, 4) is 5.75 Å². The van der Waals surface area contributed by atoms with Gasteiger partial charge in [-0.1, -0.05) is 34.8 Å². The molecule has 108 valence electrons. The fourth-order valence-electron chi connectivity index (χ4n) is 1.76. The van der Waals surface area contributed by atoms with Crippen molar-refractivity contribution in [3.63, 3.8) is 0 Å². The Morgan fingerprint density at radius 3 is 2.30 bits per heavy atom. The fraction of sp³-hybridized carbons (Fsp3) is 0.286. The molecule has 0 fully saturated rings. The van der Waals surface area contributed by atoms with Crippen LogP contribution in [0.2, 0.25) is 15.1 Å². The summed E-state index contributed by atoms with van der Waals surface area (Å²) >= 11 is 18.0. The summed E-state index contributed by atoms with van der Waals surface area (Å²) < 4.78 is 11.4. The van der Waals surface area contributed by atoms with Crippen molar-refractivity contribution in [2.24, 2.45) is 5.73 Å². The molecule has 0 radical (unpaired) electrons. The van der Waals surface area contributed by atoms with Crippen LogP contribution < -0.4 is 10.5 Å². The lowest BCUT2D eigenvalue weighted by molar-refractivity contribution is 0.152. The summed E-state index contributed by atoms with van der Waals surface area (Å²) in [5, 5.41) is 1.11. The number of nitrogens with two attached hydrogens (primary N) is 1. The molecule has 2 aromatic rings. The average Bonchev–Trinajstić information content (AvgIpc) is 2.78. The van der Waals surface area contributed by atoms with Crippen LogP contribution in [0.5, 0.6) is 5.75 Å². The Morgan fingerprint density at radius 1 is 1.10 bits per heavy atom. The minimum absolute atomic E-state index is 0.286. The molecule has 1 aromatic carbocycles. The van der Waals surface area contributed by atoms with Crippen molar-refractivity contribution in [3.05, 3.63) is 50.9 Å². The van der Waals surface area contributed by atoms with E-state index in [9.17, 15) is 0 Å². The molecule has 2 N–H and O–H groups in total. The van der Waals surface area contributed by atoms with Gasteiger partial charge >= 0.3 is 0 Å². The Labute approximate surface area is 132 Å². The topological polar surface area (TPSA) is 48.4 Å². The molecular weight excluding hydrogens is 321 g/mol. The highest BCUT2D eigenvalue weighted by Gasteiger charge is 2.23. The molecule has 2 rings (SSSR count). The maximum absolute atomic E-state index is 6.10. The molecule has 20 heavy (non-hydrogen) atoms. The fourth-order valence-corrected chi connectivity index (χ4v) is 2.34. The van der Waals surface area contributed by atoms with Crippen molar-refractivity contribution in [2.45, 2.75) is 26.0 Å². The van der Waals surface area contributed by atoms with E-state index in [1.54, 1.807) is 6.07 Å². The summed E-state index contributed by atoms with van der Waals surface area (Å²) in [5.41, 5.74) is 5.96. The van der Waals surface area contributed by atoms with E-state index in [-0.39, 0.29) is 6.04 Å². The number of hydrogen-bond acceptors (Lipinski definition) is 3. The van der Waals surface area contributed by atoms with Crippen molar-refractivity contribution in [1.29, 1.82) is 0 Å². The minimum Gasteiger partial charge on any atom is -0.479 e. The normalized spacial score (nSPS) is 14.1. The first-order chi connectivity index (χ1) is 9.38. The van der Waals surface area contributed by atoms with Crippen LogP contribution in [0.15, 0.2) is 28.7 Å². The predicted octanol–water partition coefficient (Wildman–Crippen LogP) is 5.02. The molecule has 0 aliphatic rings. The molecular formula is C14H14Cl3NO2. The summed E-state index contributed by atoms with van der Waals surface area (Å²) in [4.78, 5) is 0. The summed E-state index contributed by atoms with van der Waals surface area (Å²) in [5.74, 6) is 1.84. The van der Waals surface area contributed by atoms with Gasteiger partial charge in [-0.2, -0.15) is 0 Å². The Kier molecular flexibility index (Phi) is 4.86. The maximum atomic E-state index is 6.10. The van der Waals surface area contributed by atoms with Crippen molar-refractivity contribution >= 4 is 34.8 Å². The molecule has 0 spiro atoms. The number of benzene rings is 1. The first-order valence-electron chi connectivity index (χ1n) is 6.01. The lowest BCUT2D eigenvalue weighted by atomic mass is 10.1. The highest BCUT2D eigenvalue weighted by molar-refractivity contribution is 6.43. The van der Waals surface area contributed by atoms with Crippen LogP contribution in [-0.2, 0) is 0 Å². The third-order valence-corrected chi connectivity index (χ3v) is 3.77. The van der Waals surface area contributed by atoms with E-state index in [4.69, 9.17) is 49.7 Å². The van der Waals surface area contributed by atoms with Crippen molar-refractivity contribution in [2.75, 3.05) is 0 Å². The number of furan rings is 1. The third kappa shape index (κ3) is 3.41. The first-order valence-corrected chi connectivity index (χ1v) is 7.15. The van der Waals surface area contributed by atoms with Gasteiger partial charge in [-0.25, -0.2) is 0 Å². The predicted molar refractivity (Wildman–Crippen MR) is 81.9 cm³/mol. The molecule has 0 saturated carbocycles. The minimum atomic E-state index is -0.460. The van der Waals surface area contributed by atoms with E-state index in [0.717, 1.165) is 5.76 Å². The third-order valence-electron chi connectivity index (χ3n) is 2.75. The highest BCUT2D eigenvalue weighted by atomic mass is 35.5. The highest BCUT2D eigenvalue weighted by Crippen LogP contribution is 2.36. The van der Waals surface area contributed by atoms with E-state index in [0.29, 0.717) is 26.6 Å². The number of ether oxygens (including phenoxy) is 1. The van der Waals surface area contributed by atoms with E-state index in [1.807, 2.05) is 26.0 Å². The zero-order valence-corrected chi connectivity index (χ0v) is 13.3. The summed E-state index contributed by atoms with van der Waals surface area (Å²) in [6, 6.07) is 6.49. The molecule has 0 aliphatic carbocycles. The van der Waals surface area contributed by atoms with Crippen molar-refractivity contribution < 1.29 is 9.15 Å². The van der Waals surface area contributed by atoms with E-state index in [1.165, 1.54) is 6.07 Å². The smallest absolute Gasteiger partial charge is 0.171 e. The van der Waals surface area contributed by atoms with Gasteiger partial charge in [0.15, 0.2) is 6.10 Å². The maximum Gasteiger partial charge on any atom is 0.171 e. The van der Waals surface area contributed by atoms with Gasteiger partial charge in [0.05, 0.1) is 15.1 Å². The summed E-state index contributed by atoms with van der Waals surface area (Å²) in [7, 11) is 0. The number of hydrogen-bond donors (Lipinski definition) is 1. The lowest BCUT2D eigenvalue weighted by Gasteiger charge is -2.21. The molecule has 0 bridgehead atoms. The molecule has 6 heteroatoms. The summed E-state index contributed by atoms with van der Waals surface area (Å²) in [6.45, 7) is 3.68. The Morgan fingerprint density at radius 2 is 1.75 bits per heavy atom. The SMILES string of the molecule is Cc1ccc(C(Oc2cc(Cl)c(Cl)cc2Cl)C(C)N)o1. The van der Waals surface area contributed by atoms with Crippen LogP contribution in [0.1, 0.15) is 24.5 Å². The number of aryl methyl sites for hydroxylation is 1. The van der Waals surface area contributed by atoms with E-state index >= 15 is 0 Å². The molecule has 1 heterocycles. The lowest BCUT2D eigenvalue weighted by Crippen LogP contribution is -2.28. The van der Waals surface area contributed by atoms with Crippen molar-refractivity contribution in [1.82, 2.24) is 0 Å². The summed E-state index contributed by atoms with van der Waals surface area (Å²) in [6.07, 6.45) is -0.460. The van der Waals surface area contributed by atoms with Gasteiger partial charge in [-0.3, -0.25) is 0 Å². The quantitative estimate of drug-likeness (QED) is 0.799. The number of halogens is 3. The molecule has 2 unspecified atom stereocenters. The van der Waals surface area contributed by atoms with Crippen LogP contribution in [0, 0.1) is 6.92 Å². The second-order valence-corrected chi connectivity index (χ2v) is 5.76. The molecule has 0 saturated heterocycles. The first kappa shape index (κ1) is 15.5. The van der Waals surface area contributed by atoms with E-state index < -0.39 is 6.10 Å². The molecule has 3 nitrogen and oxygen atoms in total. The Balaban J connectivity index is 2.32. The Bertz CT molecular complexity index is 610. The van der Waals surface area contributed by atoms with E-state index in [2.05, 4.69) is 0 Å². The van der Waals surface area contributed by atoms with Crippen LogP contribution in [0.3, 0.4) is 0 Å². The van der Waals surface area contributed by atoms with Crippen LogP contribution in [0.25, 0.3) is 0 Å². The van der Waals surface area contributed by atoms with Gasteiger partial charge in [-0.15, -0.1) is 0 Å². The van der Waals surface area contributed by atoms with Gasteiger partial charge < -0.3 is 14.9 Å². The molecule has 2 atom stereocenters. The monoisotopic (exact) mass is 333 g/mol. The average molecular weight is 335 g/mol. The van der Waals surface area contributed by atoms with Crippen LogP contribution in [-0.4, -0.2) is 6.04 Å². The number of rotatable bonds is 4. The standard InChI is InChI=1S/C14H14Cl3NO2/c1-7-3-4-12(19-7)14(8(2)18)20-13-6-10(16)9(15)5-11(13)17/h3-6,8,14H,18H2,1-2H3. The second-order valence-electron chi connectivity index (χ2n) is 4.54. The van der Waals surface area contributed by atoms with Gasteiger partial charge in [0.2, 0.25) is 0 Å². The zero-order chi connectivity index (χ0) is 14.9. The Hall–Kier alpha value is -0.870. The van der Waals surface area contributed by atoms with Gasteiger partial charge in [0.25, 0.3) is 0 Å². The molecule has 1 aromatic heterocycles. The van der Waals surface area contributed by atoms with Gasteiger partial charge in [-0.05, 0) is 32.0 Å². The van der Waals surface area contributed by atoms with Crippen LogP contribution in [0.4, 0.5) is 0 Å². The van der Waals surface area contributed by atoms with Gasteiger partial charge in [0, 0.05) is 12.1 Å². The molecule has 0 amide bonds. The zero-order valence-electron chi connectivity index (χ0n) is 11.0. The molecule has 0 aliphatic heterocycles. The van der Waals surface area contributed by atoms with Crippen LogP contribution >= 0.6 is 34.8 Å².